The third-order valence-electron chi connectivity index (χ3n) is 3.02. The number of esters is 1. The Morgan fingerprint density at radius 1 is 1.44 bits per heavy atom. The first-order valence-electron chi connectivity index (χ1n) is 6.89. The molecule has 0 amide bonds. The fourth-order valence-corrected chi connectivity index (χ4v) is 1.88. The van der Waals surface area contributed by atoms with Crippen molar-refractivity contribution in [2.24, 2.45) is 0 Å². The Balaban J connectivity index is 2.44. The van der Waals surface area contributed by atoms with Crippen LogP contribution in [-0.2, 0) is 14.3 Å². The average Bonchev–Trinajstić information content (AvgIpc) is 2.35. The van der Waals surface area contributed by atoms with Crippen molar-refractivity contribution in [3.63, 3.8) is 0 Å². The molecule has 0 bridgehead atoms. The van der Waals surface area contributed by atoms with E-state index in [-0.39, 0.29) is 0 Å². The maximum atomic E-state index is 11.4. The first-order chi connectivity index (χ1) is 8.67. The van der Waals surface area contributed by atoms with E-state index in [4.69, 9.17) is 9.47 Å². The van der Waals surface area contributed by atoms with Crippen LogP contribution in [0.4, 0.5) is 0 Å². The minimum absolute atomic E-state index is 0.409. The molecule has 0 fully saturated rings. The van der Waals surface area contributed by atoms with Gasteiger partial charge in [-0.25, -0.2) is 4.79 Å². The van der Waals surface area contributed by atoms with Crippen LogP contribution in [0.15, 0.2) is 11.8 Å². The van der Waals surface area contributed by atoms with Gasteiger partial charge in [0.25, 0.3) is 0 Å². The zero-order chi connectivity index (χ0) is 13.4. The largest absolute Gasteiger partial charge is 0.498 e. The zero-order valence-electron chi connectivity index (χ0n) is 11.4. The van der Waals surface area contributed by atoms with E-state index in [9.17, 15) is 9.90 Å². The van der Waals surface area contributed by atoms with Gasteiger partial charge in [-0.2, -0.15) is 0 Å². The van der Waals surface area contributed by atoms with E-state index < -0.39 is 18.2 Å². The molecular formula is C14H24O4. The van der Waals surface area contributed by atoms with E-state index in [1.807, 2.05) is 0 Å². The number of hydrogen-bond donors (Lipinski definition) is 1. The molecule has 2 atom stereocenters. The number of aliphatic hydroxyl groups excluding tert-OH is 1. The van der Waals surface area contributed by atoms with Gasteiger partial charge in [-0.15, -0.1) is 0 Å². The van der Waals surface area contributed by atoms with E-state index in [1.165, 1.54) is 6.08 Å². The Bertz CT molecular complexity index is 286. The van der Waals surface area contributed by atoms with Gasteiger partial charge in [-0.05, 0) is 12.8 Å². The van der Waals surface area contributed by atoms with Crippen LogP contribution in [-0.4, -0.2) is 29.9 Å². The van der Waals surface area contributed by atoms with Crippen LogP contribution in [0, 0.1) is 0 Å². The highest BCUT2D eigenvalue weighted by Crippen LogP contribution is 2.22. The monoisotopic (exact) mass is 256 g/mol. The SMILES string of the molecule is CCCCOC1=CC(=O)OC(C(O)CCCC)C1. The van der Waals surface area contributed by atoms with Crippen LogP contribution >= 0.6 is 0 Å². The molecule has 0 radical (unpaired) electrons. The number of aliphatic hydroxyl groups is 1. The van der Waals surface area contributed by atoms with Crippen molar-refractivity contribution in [2.75, 3.05) is 6.61 Å². The Morgan fingerprint density at radius 3 is 2.83 bits per heavy atom. The highest BCUT2D eigenvalue weighted by Gasteiger charge is 2.28. The molecular weight excluding hydrogens is 232 g/mol. The first kappa shape index (κ1) is 15.0. The average molecular weight is 256 g/mol. The number of cyclic esters (lactones) is 1. The van der Waals surface area contributed by atoms with Crippen molar-refractivity contribution in [3.8, 4) is 0 Å². The molecule has 2 unspecified atom stereocenters. The molecule has 18 heavy (non-hydrogen) atoms. The summed E-state index contributed by atoms with van der Waals surface area (Å²) < 4.78 is 10.7. The summed E-state index contributed by atoms with van der Waals surface area (Å²) in [4.78, 5) is 11.4. The molecule has 0 saturated carbocycles. The van der Waals surface area contributed by atoms with Crippen LogP contribution in [0.25, 0.3) is 0 Å². The Labute approximate surface area is 109 Å². The van der Waals surface area contributed by atoms with E-state index in [0.717, 1.165) is 25.7 Å². The highest BCUT2D eigenvalue weighted by atomic mass is 16.6. The van der Waals surface area contributed by atoms with Gasteiger partial charge in [-0.1, -0.05) is 33.1 Å². The normalized spacial score (nSPS) is 21.2. The van der Waals surface area contributed by atoms with Gasteiger partial charge in [-0.3, -0.25) is 0 Å². The van der Waals surface area contributed by atoms with E-state index >= 15 is 0 Å². The minimum Gasteiger partial charge on any atom is -0.498 e. The molecule has 0 aromatic rings. The highest BCUT2D eigenvalue weighted by molar-refractivity contribution is 5.83. The van der Waals surface area contributed by atoms with Gasteiger partial charge in [0.15, 0.2) is 0 Å². The van der Waals surface area contributed by atoms with Crippen LogP contribution in [0.3, 0.4) is 0 Å². The van der Waals surface area contributed by atoms with Crippen molar-refractivity contribution in [1.82, 2.24) is 0 Å². The summed E-state index contributed by atoms with van der Waals surface area (Å²) in [6.45, 7) is 4.77. The first-order valence-corrected chi connectivity index (χ1v) is 6.89. The van der Waals surface area contributed by atoms with Crippen LogP contribution < -0.4 is 0 Å². The summed E-state index contributed by atoms with van der Waals surface area (Å²) in [7, 11) is 0. The second-order valence-corrected chi connectivity index (χ2v) is 4.70. The minimum atomic E-state index is -0.590. The Kier molecular flexibility index (Phi) is 6.80. The summed E-state index contributed by atoms with van der Waals surface area (Å²) in [5.41, 5.74) is 0. The third kappa shape index (κ3) is 5.08. The van der Waals surface area contributed by atoms with E-state index in [1.54, 1.807) is 0 Å². The predicted molar refractivity (Wildman–Crippen MR) is 69.0 cm³/mol. The molecule has 0 saturated heterocycles. The van der Waals surface area contributed by atoms with Crippen LogP contribution in [0.5, 0.6) is 0 Å². The predicted octanol–water partition coefficient (Wildman–Crippen LogP) is 2.55. The topological polar surface area (TPSA) is 55.8 Å². The van der Waals surface area contributed by atoms with Crippen molar-refractivity contribution < 1.29 is 19.4 Å². The molecule has 1 aliphatic rings. The second kappa shape index (κ2) is 8.14. The van der Waals surface area contributed by atoms with Gasteiger partial charge in [0, 0.05) is 6.42 Å². The third-order valence-corrected chi connectivity index (χ3v) is 3.02. The molecule has 0 spiro atoms. The van der Waals surface area contributed by atoms with Crippen molar-refractivity contribution >= 4 is 5.97 Å². The van der Waals surface area contributed by atoms with Crippen LogP contribution in [0.1, 0.15) is 52.4 Å². The summed E-state index contributed by atoms with van der Waals surface area (Å²) in [5.74, 6) is 0.230. The molecule has 4 heteroatoms. The number of carbonyl (C=O) groups is 1. The quantitative estimate of drug-likeness (QED) is 0.535. The number of carbonyl (C=O) groups excluding carboxylic acids is 1. The molecule has 104 valence electrons. The fraction of sp³-hybridized carbons (Fsp3) is 0.786. The molecule has 4 nitrogen and oxygen atoms in total. The lowest BCUT2D eigenvalue weighted by atomic mass is 10.0. The molecule has 1 aliphatic heterocycles. The van der Waals surface area contributed by atoms with E-state index in [0.29, 0.717) is 25.2 Å². The molecule has 1 heterocycles. The number of hydrogen-bond acceptors (Lipinski definition) is 4. The molecule has 1 rings (SSSR count). The summed E-state index contributed by atoms with van der Waals surface area (Å²) in [6.07, 6.45) is 5.47. The van der Waals surface area contributed by atoms with Crippen LogP contribution in [0.2, 0.25) is 0 Å². The van der Waals surface area contributed by atoms with Gasteiger partial charge in [0.05, 0.1) is 18.8 Å². The molecule has 0 aromatic carbocycles. The smallest absolute Gasteiger partial charge is 0.334 e. The number of ether oxygens (including phenoxy) is 2. The lowest BCUT2D eigenvalue weighted by Gasteiger charge is -2.27. The van der Waals surface area contributed by atoms with Crippen molar-refractivity contribution in [1.29, 1.82) is 0 Å². The van der Waals surface area contributed by atoms with Gasteiger partial charge >= 0.3 is 5.97 Å². The Hall–Kier alpha value is -1.03. The Morgan fingerprint density at radius 2 is 2.17 bits per heavy atom. The van der Waals surface area contributed by atoms with Gasteiger partial charge < -0.3 is 14.6 Å². The molecule has 0 aliphatic carbocycles. The maximum Gasteiger partial charge on any atom is 0.334 e. The second-order valence-electron chi connectivity index (χ2n) is 4.70. The fourth-order valence-electron chi connectivity index (χ4n) is 1.88. The van der Waals surface area contributed by atoms with Crippen molar-refractivity contribution in [2.45, 2.75) is 64.6 Å². The lowest BCUT2D eigenvalue weighted by Crippen LogP contribution is -2.34. The summed E-state index contributed by atoms with van der Waals surface area (Å²) >= 11 is 0. The molecule has 1 N–H and O–H groups in total. The zero-order valence-corrected chi connectivity index (χ0v) is 11.4. The molecule has 0 aromatic heterocycles. The lowest BCUT2D eigenvalue weighted by molar-refractivity contribution is -0.152. The number of unbranched alkanes of at least 4 members (excludes halogenated alkanes) is 2. The van der Waals surface area contributed by atoms with E-state index in [2.05, 4.69) is 13.8 Å². The van der Waals surface area contributed by atoms with Gasteiger partial charge in [0.2, 0.25) is 0 Å². The van der Waals surface area contributed by atoms with Gasteiger partial charge in [0.1, 0.15) is 11.9 Å². The van der Waals surface area contributed by atoms with Crippen molar-refractivity contribution in [3.05, 3.63) is 11.8 Å². The number of rotatable bonds is 8. The standard InChI is InChI=1S/C14H24O4/c1-3-5-7-12(15)13-9-11(10-14(16)18-13)17-8-6-4-2/h10,12-13,15H,3-9H2,1-2H3. The summed E-state index contributed by atoms with van der Waals surface area (Å²) in [5, 5.41) is 9.95. The summed E-state index contributed by atoms with van der Waals surface area (Å²) in [6, 6.07) is 0. The maximum absolute atomic E-state index is 11.4.